The van der Waals surface area contributed by atoms with Gasteiger partial charge in [-0.15, -0.1) is 0 Å². The van der Waals surface area contributed by atoms with Gasteiger partial charge in [0.05, 0.1) is 6.61 Å². The average molecular weight is 234 g/mol. The fraction of sp³-hybridized carbons (Fsp3) is 0.533. The molecular formula is C15H22O2. The summed E-state index contributed by atoms with van der Waals surface area (Å²) in [6.45, 7) is 8.70. The summed E-state index contributed by atoms with van der Waals surface area (Å²) in [7, 11) is 0. The van der Waals surface area contributed by atoms with Crippen LogP contribution in [0, 0.1) is 20.8 Å². The molecule has 0 unspecified atom stereocenters. The number of benzene rings is 1. The van der Waals surface area contributed by atoms with Crippen molar-refractivity contribution in [1.82, 2.24) is 0 Å². The van der Waals surface area contributed by atoms with E-state index in [2.05, 4.69) is 32.9 Å². The molecule has 0 aliphatic rings. The number of esters is 1. The first-order chi connectivity index (χ1) is 8.04. The first kappa shape index (κ1) is 13.8. The van der Waals surface area contributed by atoms with E-state index < -0.39 is 0 Å². The predicted octanol–water partition coefficient (Wildman–Crippen LogP) is 3.50. The second-order valence-electron chi connectivity index (χ2n) is 4.54. The van der Waals surface area contributed by atoms with Crippen molar-refractivity contribution in [1.29, 1.82) is 0 Å². The molecule has 0 aromatic heterocycles. The van der Waals surface area contributed by atoms with E-state index in [9.17, 15) is 4.79 Å². The van der Waals surface area contributed by atoms with Gasteiger partial charge in [0.15, 0.2) is 0 Å². The maximum Gasteiger partial charge on any atom is 0.305 e. The Morgan fingerprint density at radius 2 is 1.76 bits per heavy atom. The number of ether oxygens (including phenoxy) is 1. The van der Waals surface area contributed by atoms with Gasteiger partial charge in [0.1, 0.15) is 0 Å². The molecule has 0 amide bonds. The summed E-state index contributed by atoms with van der Waals surface area (Å²) in [6, 6.07) is 4.40. The highest BCUT2D eigenvalue weighted by atomic mass is 16.5. The number of aryl methyl sites for hydroxylation is 3. The van der Waals surface area contributed by atoms with Crippen LogP contribution in [-0.4, -0.2) is 12.6 Å². The number of hydrogen-bond donors (Lipinski definition) is 0. The first-order valence-corrected chi connectivity index (χ1v) is 6.27. The number of carbonyl (C=O) groups excluding carboxylic acids is 1. The van der Waals surface area contributed by atoms with E-state index >= 15 is 0 Å². The number of rotatable bonds is 5. The molecule has 0 saturated carbocycles. The van der Waals surface area contributed by atoms with Crippen LogP contribution >= 0.6 is 0 Å². The molecule has 0 bridgehead atoms. The lowest BCUT2D eigenvalue weighted by atomic mass is 9.96. The minimum atomic E-state index is -0.0880. The zero-order valence-electron chi connectivity index (χ0n) is 11.3. The van der Waals surface area contributed by atoms with E-state index in [1.807, 2.05) is 6.92 Å². The summed E-state index contributed by atoms with van der Waals surface area (Å²) in [4.78, 5) is 11.2. The van der Waals surface area contributed by atoms with Gasteiger partial charge in [-0.3, -0.25) is 4.79 Å². The summed E-state index contributed by atoms with van der Waals surface area (Å²) in [5.41, 5.74) is 5.33. The van der Waals surface area contributed by atoms with Crippen LogP contribution in [0.3, 0.4) is 0 Å². The zero-order valence-corrected chi connectivity index (χ0v) is 11.3. The topological polar surface area (TPSA) is 26.3 Å². The van der Waals surface area contributed by atoms with Gasteiger partial charge in [-0.1, -0.05) is 17.7 Å². The van der Waals surface area contributed by atoms with Crippen molar-refractivity contribution in [3.05, 3.63) is 34.4 Å². The highest BCUT2D eigenvalue weighted by molar-refractivity contribution is 5.69. The average Bonchev–Trinajstić information content (AvgIpc) is 2.22. The monoisotopic (exact) mass is 234 g/mol. The second-order valence-corrected chi connectivity index (χ2v) is 4.54. The van der Waals surface area contributed by atoms with E-state index in [1.54, 1.807) is 0 Å². The van der Waals surface area contributed by atoms with E-state index in [4.69, 9.17) is 4.74 Å². The molecule has 2 heteroatoms. The van der Waals surface area contributed by atoms with Gasteiger partial charge in [0.25, 0.3) is 0 Å². The lowest BCUT2D eigenvalue weighted by Crippen LogP contribution is -2.05. The number of hydrogen-bond acceptors (Lipinski definition) is 2. The molecule has 1 aromatic rings. The smallest absolute Gasteiger partial charge is 0.305 e. The van der Waals surface area contributed by atoms with Crippen LogP contribution < -0.4 is 0 Å². The molecule has 94 valence electrons. The Balaban J connectivity index is 2.55. The highest BCUT2D eigenvalue weighted by Gasteiger charge is 2.06. The van der Waals surface area contributed by atoms with Gasteiger partial charge in [0, 0.05) is 6.42 Å². The molecule has 1 aromatic carbocycles. The molecule has 0 aliphatic heterocycles. The Kier molecular flexibility index (Phi) is 5.20. The van der Waals surface area contributed by atoms with Crippen molar-refractivity contribution < 1.29 is 9.53 Å². The van der Waals surface area contributed by atoms with Gasteiger partial charge in [-0.05, 0) is 57.2 Å². The van der Waals surface area contributed by atoms with Crippen LogP contribution in [0.1, 0.15) is 42.0 Å². The van der Waals surface area contributed by atoms with Crippen LogP contribution in [0.5, 0.6) is 0 Å². The third-order valence-electron chi connectivity index (χ3n) is 2.95. The predicted molar refractivity (Wildman–Crippen MR) is 70.2 cm³/mol. The quantitative estimate of drug-likeness (QED) is 0.729. The van der Waals surface area contributed by atoms with Crippen LogP contribution in [0.2, 0.25) is 0 Å². The van der Waals surface area contributed by atoms with Crippen molar-refractivity contribution in [2.75, 3.05) is 6.61 Å². The highest BCUT2D eigenvalue weighted by Crippen LogP contribution is 2.18. The standard InChI is InChI=1S/C15H22O2/c1-5-17-15(16)8-6-7-14-12(3)9-11(2)10-13(14)4/h9-10H,5-8H2,1-4H3. The van der Waals surface area contributed by atoms with Crippen LogP contribution in [0.4, 0.5) is 0 Å². The Hall–Kier alpha value is -1.31. The molecule has 1 rings (SSSR count). The van der Waals surface area contributed by atoms with Gasteiger partial charge in [-0.2, -0.15) is 0 Å². The summed E-state index contributed by atoms with van der Waals surface area (Å²) < 4.78 is 4.92. The van der Waals surface area contributed by atoms with E-state index in [0.29, 0.717) is 13.0 Å². The SMILES string of the molecule is CCOC(=O)CCCc1c(C)cc(C)cc1C. The molecule has 2 nitrogen and oxygen atoms in total. The Morgan fingerprint density at radius 3 is 2.29 bits per heavy atom. The minimum absolute atomic E-state index is 0.0880. The van der Waals surface area contributed by atoms with Crippen molar-refractivity contribution in [2.45, 2.75) is 47.0 Å². The van der Waals surface area contributed by atoms with Crippen LogP contribution in [-0.2, 0) is 16.0 Å². The molecule has 0 aliphatic carbocycles. The van der Waals surface area contributed by atoms with Gasteiger partial charge in [0.2, 0.25) is 0 Å². The molecule has 17 heavy (non-hydrogen) atoms. The second kappa shape index (κ2) is 6.43. The number of carbonyl (C=O) groups is 1. The fourth-order valence-corrected chi connectivity index (χ4v) is 2.25. The maximum atomic E-state index is 11.2. The van der Waals surface area contributed by atoms with Crippen molar-refractivity contribution in [3.8, 4) is 0 Å². The van der Waals surface area contributed by atoms with Gasteiger partial charge < -0.3 is 4.74 Å². The van der Waals surface area contributed by atoms with Crippen molar-refractivity contribution >= 4 is 5.97 Å². The third kappa shape index (κ3) is 4.22. The van der Waals surface area contributed by atoms with Crippen LogP contribution in [0.15, 0.2) is 12.1 Å². The van der Waals surface area contributed by atoms with E-state index in [-0.39, 0.29) is 5.97 Å². The fourth-order valence-electron chi connectivity index (χ4n) is 2.25. The van der Waals surface area contributed by atoms with Crippen LogP contribution in [0.25, 0.3) is 0 Å². The molecular weight excluding hydrogens is 212 g/mol. The lowest BCUT2D eigenvalue weighted by molar-refractivity contribution is -0.143. The summed E-state index contributed by atoms with van der Waals surface area (Å²) >= 11 is 0. The lowest BCUT2D eigenvalue weighted by Gasteiger charge is -2.11. The summed E-state index contributed by atoms with van der Waals surface area (Å²) in [6.07, 6.45) is 2.33. The maximum absolute atomic E-state index is 11.2. The largest absolute Gasteiger partial charge is 0.466 e. The van der Waals surface area contributed by atoms with Gasteiger partial charge >= 0.3 is 5.97 Å². The zero-order chi connectivity index (χ0) is 12.8. The Bertz CT molecular complexity index is 371. The molecule has 0 atom stereocenters. The van der Waals surface area contributed by atoms with E-state index in [0.717, 1.165) is 12.8 Å². The van der Waals surface area contributed by atoms with E-state index in [1.165, 1.54) is 22.3 Å². The normalized spacial score (nSPS) is 10.4. The molecule has 0 saturated heterocycles. The summed E-state index contributed by atoms with van der Waals surface area (Å²) in [5, 5.41) is 0. The minimum Gasteiger partial charge on any atom is -0.466 e. The molecule has 0 N–H and O–H groups in total. The third-order valence-corrected chi connectivity index (χ3v) is 2.95. The first-order valence-electron chi connectivity index (χ1n) is 6.27. The Labute approximate surface area is 104 Å². The summed E-state index contributed by atoms with van der Waals surface area (Å²) in [5.74, 6) is -0.0880. The molecule has 0 radical (unpaired) electrons. The van der Waals surface area contributed by atoms with Gasteiger partial charge in [-0.25, -0.2) is 0 Å². The van der Waals surface area contributed by atoms with Crippen molar-refractivity contribution in [2.24, 2.45) is 0 Å². The molecule has 0 fully saturated rings. The molecule has 0 heterocycles. The Morgan fingerprint density at radius 1 is 1.18 bits per heavy atom. The van der Waals surface area contributed by atoms with Crippen molar-refractivity contribution in [3.63, 3.8) is 0 Å². The molecule has 0 spiro atoms.